The minimum atomic E-state index is -1.15. The molecule has 0 aromatic carbocycles. The number of pyridine rings is 1. The van der Waals surface area contributed by atoms with E-state index in [0.717, 1.165) is 12.0 Å². The molecule has 1 amide bonds. The van der Waals surface area contributed by atoms with Crippen LogP contribution in [-0.2, 0) is 12.0 Å². The number of nitrogens with zero attached hydrogens (tertiary/aromatic N) is 5. The van der Waals surface area contributed by atoms with Gasteiger partial charge in [0.15, 0.2) is 0 Å². The monoisotopic (exact) mass is 329 g/mol. The second kappa shape index (κ2) is 6.32. The van der Waals surface area contributed by atoms with E-state index in [0.29, 0.717) is 24.4 Å². The van der Waals surface area contributed by atoms with Crippen LogP contribution in [0.3, 0.4) is 0 Å². The van der Waals surface area contributed by atoms with Crippen molar-refractivity contribution in [3.8, 4) is 0 Å². The second-order valence-corrected chi connectivity index (χ2v) is 6.59. The van der Waals surface area contributed by atoms with Crippen molar-refractivity contribution in [1.82, 2.24) is 24.9 Å². The molecule has 0 saturated carbocycles. The van der Waals surface area contributed by atoms with Crippen molar-refractivity contribution >= 4 is 5.91 Å². The molecular formula is C17H23N5O2. The maximum absolute atomic E-state index is 12.7. The van der Waals surface area contributed by atoms with E-state index >= 15 is 0 Å². The molecule has 7 heteroatoms. The van der Waals surface area contributed by atoms with Gasteiger partial charge >= 0.3 is 0 Å². The van der Waals surface area contributed by atoms with Gasteiger partial charge in [-0.05, 0) is 38.0 Å². The van der Waals surface area contributed by atoms with Crippen LogP contribution < -0.4 is 0 Å². The van der Waals surface area contributed by atoms with Crippen LogP contribution in [-0.4, -0.2) is 49.0 Å². The Morgan fingerprint density at radius 3 is 2.92 bits per heavy atom. The van der Waals surface area contributed by atoms with Crippen molar-refractivity contribution in [1.29, 1.82) is 0 Å². The van der Waals surface area contributed by atoms with E-state index in [9.17, 15) is 9.90 Å². The molecule has 1 aliphatic rings. The summed E-state index contributed by atoms with van der Waals surface area (Å²) in [4.78, 5) is 18.5. The number of rotatable bonds is 4. The van der Waals surface area contributed by atoms with Crippen LogP contribution in [0.15, 0.2) is 24.5 Å². The molecule has 1 fully saturated rings. The Balaban J connectivity index is 1.77. The number of likely N-dealkylation sites (tertiary alicyclic amines) is 1. The lowest BCUT2D eigenvalue weighted by Crippen LogP contribution is -2.35. The third kappa shape index (κ3) is 3.03. The normalized spacial score (nSPS) is 20.8. The van der Waals surface area contributed by atoms with Crippen molar-refractivity contribution in [3.05, 3.63) is 41.5 Å². The Hall–Kier alpha value is -2.28. The summed E-state index contributed by atoms with van der Waals surface area (Å²) in [6.45, 7) is 6.72. The Bertz CT molecular complexity index is 742. The standard InChI is InChI=1S/C17H23N5O2/c1-4-13-5-7-18-14(9-13)16(23)21-8-6-17(24,11-21)15-10-22(12(2)3)20-19-15/h5,7,9-10,12,24H,4,6,8,11H2,1-3H3. The van der Waals surface area contributed by atoms with E-state index in [2.05, 4.69) is 15.3 Å². The number of hydrogen-bond donors (Lipinski definition) is 1. The molecule has 24 heavy (non-hydrogen) atoms. The molecule has 2 aromatic heterocycles. The molecule has 7 nitrogen and oxygen atoms in total. The average molecular weight is 329 g/mol. The van der Waals surface area contributed by atoms with E-state index in [-0.39, 0.29) is 18.5 Å². The molecule has 1 saturated heterocycles. The third-order valence-electron chi connectivity index (χ3n) is 4.50. The van der Waals surface area contributed by atoms with Gasteiger partial charge in [0.2, 0.25) is 0 Å². The van der Waals surface area contributed by atoms with Gasteiger partial charge in [-0.15, -0.1) is 5.10 Å². The first-order valence-electron chi connectivity index (χ1n) is 8.32. The zero-order valence-corrected chi connectivity index (χ0v) is 14.3. The molecule has 1 aliphatic heterocycles. The van der Waals surface area contributed by atoms with Crippen molar-refractivity contribution in [2.45, 2.75) is 45.3 Å². The smallest absolute Gasteiger partial charge is 0.272 e. The molecular weight excluding hydrogens is 306 g/mol. The summed E-state index contributed by atoms with van der Waals surface area (Å²) in [5.74, 6) is -0.155. The summed E-state index contributed by atoms with van der Waals surface area (Å²) in [7, 11) is 0. The molecule has 128 valence electrons. The van der Waals surface area contributed by atoms with Crippen molar-refractivity contribution < 1.29 is 9.90 Å². The first-order chi connectivity index (χ1) is 11.4. The van der Waals surface area contributed by atoms with Crippen molar-refractivity contribution in [3.63, 3.8) is 0 Å². The fourth-order valence-corrected chi connectivity index (χ4v) is 2.89. The minimum absolute atomic E-state index is 0.155. The Morgan fingerprint density at radius 1 is 1.46 bits per heavy atom. The Morgan fingerprint density at radius 2 is 2.25 bits per heavy atom. The van der Waals surface area contributed by atoms with E-state index in [1.165, 1.54) is 0 Å². The number of β-amino-alcohol motifs (C(OH)–C–C–N with tert-alkyl or cyclic N) is 1. The lowest BCUT2D eigenvalue weighted by atomic mass is 10.00. The van der Waals surface area contributed by atoms with E-state index in [1.807, 2.05) is 32.9 Å². The van der Waals surface area contributed by atoms with Crippen LogP contribution in [0.5, 0.6) is 0 Å². The SMILES string of the molecule is CCc1ccnc(C(=O)N2CCC(O)(c3cn(C(C)C)nn3)C2)c1. The van der Waals surface area contributed by atoms with Gasteiger partial charge in [-0.3, -0.25) is 9.78 Å². The van der Waals surface area contributed by atoms with Gasteiger partial charge in [0.1, 0.15) is 17.0 Å². The summed E-state index contributed by atoms with van der Waals surface area (Å²) in [5.41, 5.74) is 0.861. The predicted molar refractivity (Wildman–Crippen MR) is 88.4 cm³/mol. The van der Waals surface area contributed by atoms with Gasteiger partial charge in [0.05, 0.1) is 12.7 Å². The number of aryl methyl sites for hydroxylation is 1. The topological polar surface area (TPSA) is 84.1 Å². The lowest BCUT2D eigenvalue weighted by Gasteiger charge is -2.21. The molecule has 1 unspecified atom stereocenters. The Kier molecular flexibility index (Phi) is 4.36. The molecule has 0 radical (unpaired) electrons. The minimum Gasteiger partial charge on any atom is -0.381 e. The van der Waals surface area contributed by atoms with Crippen LogP contribution in [0.2, 0.25) is 0 Å². The zero-order valence-electron chi connectivity index (χ0n) is 14.3. The highest BCUT2D eigenvalue weighted by molar-refractivity contribution is 5.92. The molecule has 2 aromatic rings. The zero-order chi connectivity index (χ0) is 17.3. The summed E-state index contributed by atoms with van der Waals surface area (Å²) < 4.78 is 1.71. The van der Waals surface area contributed by atoms with Crippen LogP contribution in [0.1, 0.15) is 55.0 Å². The highest BCUT2D eigenvalue weighted by Crippen LogP contribution is 2.31. The summed E-state index contributed by atoms with van der Waals surface area (Å²) in [5, 5.41) is 19.0. The molecule has 0 aliphatic carbocycles. The molecule has 1 N–H and O–H groups in total. The number of amides is 1. The number of carbonyl (C=O) groups is 1. The molecule has 0 bridgehead atoms. The molecule has 0 spiro atoms. The summed E-state index contributed by atoms with van der Waals surface area (Å²) in [6.07, 6.45) is 4.71. The first-order valence-corrected chi connectivity index (χ1v) is 8.32. The highest BCUT2D eigenvalue weighted by atomic mass is 16.3. The largest absolute Gasteiger partial charge is 0.381 e. The van der Waals surface area contributed by atoms with Crippen LogP contribution >= 0.6 is 0 Å². The summed E-state index contributed by atoms with van der Waals surface area (Å²) >= 11 is 0. The van der Waals surface area contributed by atoms with Gasteiger partial charge in [0, 0.05) is 25.2 Å². The van der Waals surface area contributed by atoms with Gasteiger partial charge in [-0.1, -0.05) is 12.1 Å². The van der Waals surface area contributed by atoms with E-state index < -0.39 is 5.60 Å². The summed E-state index contributed by atoms with van der Waals surface area (Å²) in [6, 6.07) is 3.89. The number of aliphatic hydroxyl groups is 1. The van der Waals surface area contributed by atoms with E-state index in [1.54, 1.807) is 22.0 Å². The maximum atomic E-state index is 12.7. The Labute approximate surface area is 141 Å². The lowest BCUT2D eigenvalue weighted by molar-refractivity contribution is 0.0380. The molecule has 3 heterocycles. The fourth-order valence-electron chi connectivity index (χ4n) is 2.89. The van der Waals surface area contributed by atoms with Crippen molar-refractivity contribution in [2.24, 2.45) is 0 Å². The maximum Gasteiger partial charge on any atom is 0.272 e. The molecule has 1 atom stereocenters. The van der Waals surface area contributed by atoms with Crippen LogP contribution in [0, 0.1) is 0 Å². The second-order valence-electron chi connectivity index (χ2n) is 6.59. The van der Waals surface area contributed by atoms with Gasteiger partial charge in [-0.2, -0.15) is 0 Å². The van der Waals surface area contributed by atoms with Crippen LogP contribution in [0.4, 0.5) is 0 Å². The van der Waals surface area contributed by atoms with Gasteiger partial charge in [-0.25, -0.2) is 4.68 Å². The van der Waals surface area contributed by atoms with E-state index in [4.69, 9.17) is 0 Å². The number of aromatic nitrogens is 4. The number of hydrogen-bond acceptors (Lipinski definition) is 5. The van der Waals surface area contributed by atoms with Gasteiger partial charge in [0.25, 0.3) is 5.91 Å². The van der Waals surface area contributed by atoms with Gasteiger partial charge < -0.3 is 10.0 Å². The highest BCUT2D eigenvalue weighted by Gasteiger charge is 2.42. The average Bonchev–Trinajstić information content (AvgIpc) is 3.22. The number of carbonyl (C=O) groups excluding carboxylic acids is 1. The molecule has 3 rings (SSSR count). The van der Waals surface area contributed by atoms with Crippen molar-refractivity contribution in [2.75, 3.05) is 13.1 Å². The first kappa shape index (κ1) is 16.6. The quantitative estimate of drug-likeness (QED) is 0.920. The predicted octanol–water partition coefficient (Wildman–Crippen LogP) is 1.55. The fraction of sp³-hybridized carbons (Fsp3) is 0.529. The van der Waals surface area contributed by atoms with Crippen LogP contribution in [0.25, 0.3) is 0 Å². The third-order valence-corrected chi connectivity index (χ3v) is 4.50.